The van der Waals surface area contributed by atoms with Crippen molar-refractivity contribution in [1.29, 1.82) is 0 Å². The summed E-state index contributed by atoms with van der Waals surface area (Å²) in [4.78, 5) is 2.09. The minimum absolute atomic E-state index is 0.0800. The van der Waals surface area contributed by atoms with Crippen molar-refractivity contribution in [2.45, 2.75) is 33.1 Å². The SMILES string of the molecule is CCOCCN(C)c1nnc(C(C)(C)C)s1. The molecule has 0 aliphatic heterocycles. The van der Waals surface area contributed by atoms with Gasteiger partial charge in [0.1, 0.15) is 5.01 Å². The Labute approximate surface area is 102 Å². The molecule has 16 heavy (non-hydrogen) atoms. The maximum absolute atomic E-state index is 5.31. The Bertz CT molecular complexity index is 319. The summed E-state index contributed by atoms with van der Waals surface area (Å²) in [6, 6.07) is 0. The van der Waals surface area contributed by atoms with Crippen molar-refractivity contribution in [2.75, 3.05) is 31.7 Å². The van der Waals surface area contributed by atoms with Gasteiger partial charge in [0.25, 0.3) is 0 Å². The van der Waals surface area contributed by atoms with Crippen molar-refractivity contribution in [3.8, 4) is 0 Å². The molecule has 0 fully saturated rings. The highest BCUT2D eigenvalue weighted by atomic mass is 32.1. The van der Waals surface area contributed by atoms with Crippen LogP contribution in [0.15, 0.2) is 0 Å². The van der Waals surface area contributed by atoms with Crippen molar-refractivity contribution >= 4 is 16.5 Å². The number of nitrogens with zero attached hydrogens (tertiary/aromatic N) is 3. The van der Waals surface area contributed by atoms with Crippen LogP contribution >= 0.6 is 11.3 Å². The topological polar surface area (TPSA) is 38.2 Å². The molecule has 0 aliphatic carbocycles. The van der Waals surface area contributed by atoms with Crippen LogP contribution in [0.3, 0.4) is 0 Å². The molecule has 5 heteroatoms. The highest BCUT2D eigenvalue weighted by molar-refractivity contribution is 7.15. The second-order valence-corrected chi connectivity index (χ2v) is 5.71. The molecular formula is C11H21N3OS. The van der Waals surface area contributed by atoms with E-state index in [2.05, 4.69) is 35.9 Å². The monoisotopic (exact) mass is 243 g/mol. The Balaban J connectivity index is 2.56. The Hall–Kier alpha value is -0.680. The molecule has 1 rings (SSSR count). The van der Waals surface area contributed by atoms with Gasteiger partial charge in [0, 0.05) is 25.6 Å². The third kappa shape index (κ3) is 3.72. The summed E-state index contributed by atoms with van der Waals surface area (Å²) < 4.78 is 5.31. The van der Waals surface area contributed by atoms with Crippen LogP contribution in [-0.4, -0.2) is 37.0 Å². The molecule has 0 unspecified atom stereocenters. The van der Waals surface area contributed by atoms with E-state index in [0.29, 0.717) is 0 Å². The zero-order valence-electron chi connectivity index (χ0n) is 10.8. The maximum Gasteiger partial charge on any atom is 0.208 e. The van der Waals surface area contributed by atoms with Crippen LogP contribution in [0.25, 0.3) is 0 Å². The van der Waals surface area contributed by atoms with E-state index >= 15 is 0 Å². The van der Waals surface area contributed by atoms with Gasteiger partial charge in [0.15, 0.2) is 0 Å². The normalized spacial score (nSPS) is 11.8. The van der Waals surface area contributed by atoms with Gasteiger partial charge in [-0.1, -0.05) is 32.1 Å². The van der Waals surface area contributed by atoms with Gasteiger partial charge in [0.2, 0.25) is 5.13 Å². The van der Waals surface area contributed by atoms with E-state index in [0.717, 1.165) is 29.9 Å². The lowest BCUT2D eigenvalue weighted by molar-refractivity contribution is 0.154. The number of hydrogen-bond donors (Lipinski definition) is 0. The summed E-state index contributed by atoms with van der Waals surface area (Å²) in [5.74, 6) is 0. The van der Waals surface area contributed by atoms with Gasteiger partial charge in [-0.15, -0.1) is 10.2 Å². The lowest BCUT2D eigenvalue weighted by Crippen LogP contribution is -2.22. The van der Waals surface area contributed by atoms with E-state index in [1.807, 2.05) is 14.0 Å². The first-order valence-corrected chi connectivity index (χ1v) is 6.39. The van der Waals surface area contributed by atoms with Gasteiger partial charge in [-0.2, -0.15) is 0 Å². The van der Waals surface area contributed by atoms with Crippen LogP contribution in [0, 0.1) is 0 Å². The van der Waals surface area contributed by atoms with Crippen molar-refractivity contribution in [2.24, 2.45) is 0 Å². The zero-order valence-corrected chi connectivity index (χ0v) is 11.6. The van der Waals surface area contributed by atoms with Crippen LogP contribution in [-0.2, 0) is 10.2 Å². The van der Waals surface area contributed by atoms with Crippen molar-refractivity contribution < 1.29 is 4.74 Å². The van der Waals surface area contributed by atoms with Gasteiger partial charge in [-0.3, -0.25) is 0 Å². The number of aromatic nitrogens is 2. The predicted molar refractivity (Wildman–Crippen MR) is 68.4 cm³/mol. The van der Waals surface area contributed by atoms with Crippen molar-refractivity contribution in [1.82, 2.24) is 10.2 Å². The summed E-state index contributed by atoms with van der Waals surface area (Å²) in [5, 5.41) is 10.5. The molecule has 0 atom stereocenters. The fraction of sp³-hybridized carbons (Fsp3) is 0.818. The average Bonchev–Trinajstić information content (AvgIpc) is 2.66. The van der Waals surface area contributed by atoms with Crippen LogP contribution in [0.1, 0.15) is 32.7 Å². The molecule has 0 saturated carbocycles. The Kier molecular flexibility index (Phi) is 4.68. The predicted octanol–water partition coefficient (Wildman–Crippen LogP) is 2.31. The van der Waals surface area contributed by atoms with Gasteiger partial charge < -0.3 is 9.64 Å². The highest BCUT2D eigenvalue weighted by Gasteiger charge is 2.20. The fourth-order valence-electron chi connectivity index (χ4n) is 1.11. The van der Waals surface area contributed by atoms with Crippen molar-refractivity contribution in [3.63, 3.8) is 0 Å². The summed E-state index contributed by atoms with van der Waals surface area (Å²) in [7, 11) is 2.02. The second-order valence-electron chi connectivity index (χ2n) is 4.76. The largest absolute Gasteiger partial charge is 0.380 e. The first kappa shape index (κ1) is 13.4. The number of rotatable bonds is 5. The van der Waals surface area contributed by atoms with E-state index < -0.39 is 0 Å². The number of hydrogen-bond acceptors (Lipinski definition) is 5. The molecule has 0 spiro atoms. The maximum atomic E-state index is 5.31. The molecular weight excluding hydrogens is 222 g/mol. The van der Waals surface area contributed by atoms with E-state index in [-0.39, 0.29) is 5.41 Å². The third-order valence-corrected chi connectivity index (χ3v) is 3.62. The minimum atomic E-state index is 0.0800. The van der Waals surface area contributed by atoms with Crippen LogP contribution in [0.5, 0.6) is 0 Å². The van der Waals surface area contributed by atoms with E-state index in [1.54, 1.807) is 11.3 Å². The van der Waals surface area contributed by atoms with E-state index in [1.165, 1.54) is 0 Å². The standard InChI is InChI=1S/C11H21N3OS/c1-6-15-8-7-14(5)10-13-12-9(16-10)11(2,3)4/h6-8H2,1-5H3. The summed E-state index contributed by atoms with van der Waals surface area (Å²) in [5.41, 5.74) is 0.0800. The molecule has 4 nitrogen and oxygen atoms in total. The van der Waals surface area contributed by atoms with Crippen LogP contribution in [0.4, 0.5) is 5.13 Å². The molecule has 1 aromatic heterocycles. The van der Waals surface area contributed by atoms with E-state index in [9.17, 15) is 0 Å². The minimum Gasteiger partial charge on any atom is -0.380 e. The molecule has 0 aromatic carbocycles. The summed E-state index contributed by atoms with van der Waals surface area (Å²) in [6.45, 7) is 10.8. The quantitative estimate of drug-likeness (QED) is 0.744. The van der Waals surface area contributed by atoms with Crippen LogP contribution in [0.2, 0.25) is 0 Å². The Morgan fingerprint density at radius 2 is 2.00 bits per heavy atom. The Morgan fingerprint density at radius 1 is 1.31 bits per heavy atom. The van der Waals surface area contributed by atoms with E-state index in [4.69, 9.17) is 4.74 Å². The summed E-state index contributed by atoms with van der Waals surface area (Å²) >= 11 is 1.65. The molecule has 0 amide bonds. The van der Waals surface area contributed by atoms with Gasteiger partial charge in [0.05, 0.1) is 6.61 Å². The molecule has 0 aliphatic rings. The molecule has 0 bridgehead atoms. The zero-order chi connectivity index (χ0) is 12.2. The molecule has 0 saturated heterocycles. The van der Waals surface area contributed by atoms with Gasteiger partial charge >= 0.3 is 0 Å². The number of ether oxygens (including phenoxy) is 1. The molecule has 0 N–H and O–H groups in total. The Morgan fingerprint density at radius 3 is 2.50 bits per heavy atom. The lowest BCUT2D eigenvalue weighted by Gasteiger charge is -2.15. The highest BCUT2D eigenvalue weighted by Crippen LogP contribution is 2.28. The molecule has 1 heterocycles. The molecule has 1 aromatic rings. The smallest absolute Gasteiger partial charge is 0.208 e. The average molecular weight is 243 g/mol. The first-order valence-electron chi connectivity index (χ1n) is 5.58. The van der Waals surface area contributed by atoms with Crippen LogP contribution < -0.4 is 4.90 Å². The third-order valence-electron chi connectivity index (χ3n) is 2.16. The molecule has 92 valence electrons. The van der Waals surface area contributed by atoms with Crippen molar-refractivity contribution in [3.05, 3.63) is 5.01 Å². The second kappa shape index (κ2) is 5.59. The number of likely N-dealkylation sites (N-methyl/N-ethyl adjacent to an activating group) is 1. The van der Waals surface area contributed by atoms with Gasteiger partial charge in [-0.05, 0) is 6.92 Å². The van der Waals surface area contributed by atoms with Gasteiger partial charge in [-0.25, -0.2) is 0 Å². The number of anilines is 1. The lowest BCUT2D eigenvalue weighted by atomic mass is 9.98. The first-order chi connectivity index (χ1) is 7.45. The fourth-order valence-corrected chi connectivity index (χ4v) is 2.00. The summed E-state index contributed by atoms with van der Waals surface area (Å²) in [6.07, 6.45) is 0. The molecule has 0 radical (unpaired) electrons.